The molecule has 2 N–H and O–H groups in total. The quantitative estimate of drug-likeness (QED) is 0.235. The standard InChI is InChI=1S/C24H42O2.C12H17N.C5H10.4C2H6.Mo/c1-13-11-17(23(5,6)7)21(25)19(15(13)3)20-16(4)14(2)12-18(22(20)26)24(8,9)10;1-8(2)10-6-5-7-11(9(3)4)12(10)13;1-5(2,3)4;4*1-2;/h11,13-15,18-19,21-22,25-26H,12H2,1-10H3;5-9H,1-4H3;1H,2-4H3;4*1-2H3;/t13?,14?,15?,18?,19-,21+,22?;;;;;;;/m0......./s1. The summed E-state index contributed by atoms with van der Waals surface area (Å²) in [6.07, 6.45) is 2.34. The Morgan fingerprint density at radius 1 is 0.736 bits per heavy atom. The fraction of sp³-hybridized carbons (Fsp3) is 0.776. The summed E-state index contributed by atoms with van der Waals surface area (Å²) in [6, 6.07) is 6.65. The molecule has 0 saturated carbocycles. The van der Waals surface area contributed by atoms with E-state index in [0.717, 1.165) is 17.6 Å². The maximum Gasteiger partial charge on any atom is 0.0824 e. The van der Waals surface area contributed by atoms with Crippen molar-refractivity contribution in [3.63, 3.8) is 0 Å². The van der Waals surface area contributed by atoms with Gasteiger partial charge in [0, 0.05) is 5.92 Å². The Balaban J connectivity index is -0.000000819. The summed E-state index contributed by atoms with van der Waals surface area (Å²) in [5, 5.41) is 22.8. The minimum Gasteiger partial charge on any atom is -0.388 e. The zero-order chi connectivity index (χ0) is 42.8. The number of aliphatic hydroxyl groups is 2. The van der Waals surface area contributed by atoms with Crippen LogP contribution in [0, 0.1) is 45.8 Å². The van der Waals surface area contributed by atoms with E-state index in [1.54, 1.807) is 0 Å². The van der Waals surface area contributed by atoms with Crippen LogP contribution in [0.15, 0.2) is 44.5 Å². The van der Waals surface area contributed by atoms with Crippen LogP contribution < -0.4 is 0 Å². The Hall–Kier alpha value is -1.02. The van der Waals surface area contributed by atoms with Crippen molar-refractivity contribution in [3.8, 4) is 0 Å². The number of nitrogens with zero attached hydrogens (tertiary/aromatic N) is 1. The molecule has 1 aromatic rings. The monoisotopic (exact) mass is 826 g/mol. The molecular weight excluding hydrogens is 730 g/mol. The van der Waals surface area contributed by atoms with Gasteiger partial charge in [-0.05, 0) is 59.0 Å². The van der Waals surface area contributed by atoms with E-state index in [9.17, 15) is 10.2 Å². The van der Waals surface area contributed by atoms with Crippen LogP contribution in [0.1, 0.15) is 202 Å². The fourth-order valence-electron chi connectivity index (χ4n) is 7.05. The average Bonchev–Trinajstić information content (AvgIpc) is 3.08. The van der Waals surface area contributed by atoms with Crippen LogP contribution in [0.5, 0.6) is 0 Å². The van der Waals surface area contributed by atoms with Gasteiger partial charge in [-0.15, -0.1) is 0 Å². The molecule has 2 aliphatic carbocycles. The minimum absolute atomic E-state index is 0.00632. The van der Waals surface area contributed by atoms with Gasteiger partial charge in [0.2, 0.25) is 0 Å². The molecule has 312 valence electrons. The molecule has 0 aromatic heterocycles. The van der Waals surface area contributed by atoms with Gasteiger partial charge in [0.15, 0.2) is 0 Å². The number of benzene rings is 1. The molecule has 1 aromatic carbocycles. The zero-order valence-corrected chi connectivity index (χ0v) is 42.0. The Morgan fingerprint density at radius 3 is 1.53 bits per heavy atom. The van der Waals surface area contributed by atoms with E-state index in [4.69, 9.17) is 3.50 Å². The van der Waals surface area contributed by atoms with Crippen LogP contribution in [0.2, 0.25) is 0 Å². The van der Waals surface area contributed by atoms with Gasteiger partial charge in [-0.2, -0.15) is 0 Å². The first-order valence-electron chi connectivity index (χ1n) is 21.5. The zero-order valence-electron chi connectivity index (χ0n) is 40.0. The number of hydrogen-bond donors (Lipinski definition) is 2. The topological polar surface area (TPSA) is 52.8 Å². The van der Waals surface area contributed by atoms with Crippen molar-refractivity contribution in [2.45, 2.75) is 204 Å². The van der Waals surface area contributed by atoms with Gasteiger partial charge in [-0.25, -0.2) is 0 Å². The molecule has 2 aliphatic rings. The van der Waals surface area contributed by atoms with Crippen LogP contribution in [0.4, 0.5) is 5.69 Å². The number of aliphatic hydroxyl groups excluding tert-OH is 2. The van der Waals surface area contributed by atoms with E-state index in [2.05, 4.69) is 146 Å². The van der Waals surface area contributed by atoms with Gasteiger partial charge in [0.25, 0.3) is 0 Å². The van der Waals surface area contributed by atoms with Crippen LogP contribution in [-0.2, 0) is 17.9 Å². The smallest absolute Gasteiger partial charge is 0.0824 e. The third kappa shape index (κ3) is 17.3. The van der Waals surface area contributed by atoms with E-state index in [1.165, 1.54) is 22.4 Å². The number of allylic oxidation sites excluding steroid dienone is 2. The Labute approximate surface area is 341 Å². The van der Waals surface area contributed by atoms with Crippen molar-refractivity contribution in [1.82, 2.24) is 0 Å². The second-order valence-electron chi connectivity index (χ2n) is 18.0. The molecule has 4 heteroatoms. The molecule has 0 aliphatic heterocycles. The van der Waals surface area contributed by atoms with Crippen molar-refractivity contribution < 1.29 is 28.1 Å². The van der Waals surface area contributed by atoms with Crippen molar-refractivity contribution in [1.29, 1.82) is 0 Å². The largest absolute Gasteiger partial charge is 0.388 e. The molecule has 0 bridgehead atoms. The molecule has 0 radical (unpaired) electrons. The second kappa shape index (κ2) is 26.0. The molecule has 0 saturated heterocycles. The molecule has 0 amide bonds. The van der Waals surface area contributed by atoms with E-state index in [0.29, 0.717) is 29.6 Å². The van der Waals surface area contributed by atoms with Crippen molar-refractivity contribution in [2.24, 2.45) is 49.3 Å². The van der Waals surface area contributed by atoms with Crippen LogP contribution >= 0.6 is 0 Å². The first-order chi connectivity index (χ1) is 24.4. The van der Waals surface area contributed by atoms with Gasteiger partial charge in [-0.1, -0.05) is 129 Å². The SMILES string of the molecule is CC.CC.CC.CC.CC(C)c1cccc(C(C)C)c1[N]=[Mo]=[CH]C(C)(C)C.CC1=C([C@@H]2C(C)C(C)C=C(C(C)(C)C)[C@H]2O)C(O)C(C(C)(C)C)CC1C. The third-order valence-corrected chi connectivity index (χ3v) is 12.9. The predicted octanol–water partition coefficient (Wildman–Crippen LogP) is 15.4. The summed E-state index contributed by atoms with van der Waals surface area (Å²) >= 11 is -0.415. The van der Waals surface area contributed by atoms with Gasteiger partial charge in [0.05, 0.1) is 12.2 Å². The van der Waals surface area contributed by atoms with Crippen molar-refractivity contribution in [2.75, 3.05) is 0 Å². The molecule has 0 heterocycles. The third-order valence-electron chi connectivity index (χ3n) is 10.2. The van der Waals surface area contributed by atoms with Crippen LogP contribution in [0.3, 0.4) is 0 Å². The minimum atomic E-state index is -0.508. The first kappa shape index (κ1) is 56.3. The molecular formula is C49H93MoNO2. The van der Waals surface area contributed by atoms with Gasteiger partial charge in [0.1, 0.15) is 0 Å². The molecule has 0 fully saturated rings. The van der Waals surface area contributed by atoms with Crippen LogP contribution in [0.25, 0.3) is 0 Å². The maximum atomic E-state index is 11.4. The number of rotatable bonds is 4. The second-order valence-corrected chi connectivity index (χ2v) is 19.6. The predicted molar refractivity (Wildman–Crippen MR) is 238 cm³/mol. The average molecular weight is 824 g/mol. The van der Waals surface area contributed by atoms with E-state index < -0.39 is 30.1 Å². The Kier molecular flexibility index (Phi) is 27.6. The van der Waals surface area contributed by atoms with Gasteiger partial charge < -0.3 is 10.2 Å². The number of hydrogen-bond acceptors (Lipinski definition) is 3. The molecule has 3 nitrogen and oxygen atoms in total. The summed E-state index contributed by atoms with van der Waals surface area (Å²) in [4.78, 5) is 0. The van der Waals surface area contributed by atoms with Crippen LogP contribution in [-0.4, -0.2) is 26.8 Å². The fourth-order valence-corrected chi connectivity index (χ4v) is 8.74. The summed E-state index contributed by atoms with van der Waals surface area (Å²) in [5.74, 6) is 2.49. The van der Waals surface area contributed by atoms with Gasteiger partial charge in [-0.3, -0.25) is 0 Å². The summed E-state index contributed by atoms with van der Waals surface area (Å²) in [6.45, 7) is 54.0. The molecule has 53 heavy (non-hydrogen) atoms. The maximum absolute atomic E-state index is 11.4. The molecule has 7 atom stereocenters. The van der Waals surface area contributed by atoms with E-state index in [-0.39, 0.29) is 28.1 Å². The summed E-state index contributed by atoms with van der Waals surface area (Å²) in [5.41, 5.74) is 7.92. The molecule has 5 unspecified atom stereocenters. The molecule has 3 rings (SSSR count). The summed E-state index contributed by atoms with van der Waals surface area (Å²) < 4.78 is 7.42. The Morgan fingerprint density at radius 2 is 1.17 bits per heavy atom. The molecule has 0 spiro atoms. The first-order valence-corrected chi connectivity index (χ1v) is 23.6. The van der Waals surface area contributed by atoms with Crippen molar-refractivity contribution in [3.05, 3.63) is 52.1 Å². The van der Waals surface area contributed by atoms with Crippen molar-refractivity contribution >= 4 is 10.1 Å². The Bertz CT molecular complexity index is 1250. The van der Waals surface area contributed by atoms with E-state index >= 15 is 0 Å². The normalized spacial score (nSPS) is 24.2. The summed E-state index contributed by atoms with van der Waals surface area (Å²) in [7, 11) is 0. The van der Waals surface area contributed by atoms with E-state index in [1.807, 2.05) is 55.4 Å². The van der Waals surface area contributed by atoms with Gasteiger partial charge >= 0.3 is 127 Å².